The molecule has 1 fully saturated rings. The van der Waals surface area contributed by atoms with E-state index in [9.17, 15) is 0 Å². The molecule has 1 aliphatic rings. The molecule has 1 saturated heterocycles. The molecule has 0 amide bonds. The van der Waals surface area contributed by atoms with Crippen LogP contribution in [0.15, 0.2) is 0 Å². The molecule has 1 aromatic heterocycles. The van der Waals surface area contributed by atoms with Gasteiger partial charge in [-0.05, 0) is 12.8 Å². The van der Waals surface area contributed by atoms with Crippen LogP contribution in [0.25, 0.3) is 0 Å². The molecule has 0 radical (unpaired) electrons. The first-order valence-electron chi connectivity index (χ1n) is 6.13. The van der Waals surface area contributed by atoms with Crippen LogP contribution in [0, 0.1) is 12.3 Å². The van der Waals surface area contributed by atoms with E-state index in [1.807, 2.05) is 4.57 Å². The summed E-state index contributed by atoms with van der Waals surface area (Å²) in [6.45, 7) is 4.13. The highest BCUT2D eigenvalue weighted by Crippen LogP contribution is 2.29. The normalized spacial score (nSPS) is 20.1. The van der Waals surface area contributed by atoms with Crippen LogP contribution in [-0.4, -0.2) is 22.8 Å². The van der Waals surface area contributed by atoms with Gasteiger partial charge in [0.25, 0.3) is 0 Å². The van der Waals surface area contributed by atoms with Gasteiger partial charge in [0.05, 0.1) is 18.8 Å². The van der Waals surface area contributed by atoms with Crippen LogP contribution in [0.4, 0.5) is 5.82 Å². The lowest BCUT2D eigenvalue weighted by atomic mass is 9.98. The predicted octanol–water partition coefficient (Wildman–Crippen LogP) is 1.55. The minimum atomic E-state index is 0.327. The summed E-state index contributed by atoms with van der Waals surface area (Å²) in [5.74, 6) is 4.65. The lowest BCUT2D eigenvalue weighted by molar-refractivity contribution is 0.0796. The van der Waals surface area contributed by atoms with Gasteiger partial charge in [-0.25, -0.2) is 4.98 Å². The Balaban J connectivity index is 2.31. The maximum atomic E-state index is 6.15. The summed E-state index contributed by atoms with van der Waals surface area (Å²) in [6.07, 6.45) is 8.38. The Hall–Kier alpha value is -1.47. The molecule has 4 heteroatoms. The number of hydrogen-bond acceptors (Lipinski definition) is 3. The van der Waals surface area contributed by atoms with E-state index in [1.54, 1.807) is 0 Å². The van der Waals surface area contributed by atoms with Crippen molar-refractivity contribution in [3.05, 3.63) is 11.5 Å². The first-order valence-corrected chi connectivity index (χ1v) is 6.13. The van der Waals surface area contributed by atoms with Crippen molar-refractivity contribution >= 4 is 5.82 Å². The van der Waals surface area contributed by atoms with E-state index < -0.39 is 0 Å². The van der Waals surface area contributed by atoms with Gasteiger partial charge in [0.15, 0.2) is 0 Å². The van der Waals surface area contributed by atoms with E-state index in [0.29, 0.717) is 12.5 Å². The molecule has 0 aliphatic carbocycles. The fraction of sp³-hybridized carbons (Fsp3) is 0.615. The van der Waals surface area contributed by atoms with Crippen LogP contribution in [0.2, 0.25) is 0 Å². The first kappa shape index (κ1) is 12.0. The Morgan fingerprint density at radius 2 is 2.47 bits per heavy atom. The fourth-order valence-corrected chi connectivity index (χ4v) is 2.33. The smallest absolute Gasteiger partial charge is 0.128 e. The molecule has 17 heavy (non-hydrogen) atoms. The molecule has 2 heterocycles. The summed E-state index contributed by atoms with van der Waals surface area (Å²) >= 11 is 0. The number of aryl methyl sites for hydroxylation is 1. The second-order valence-corrected chi connectivity index (χ2v) is 4.36. The average Bonchev–Trinajstić information content (AvgIpc) is 2.69. The number of rotatable bonds is 3. The third kappa shape index (κ3) is 2.29. The number of anilines is 1. The minimum absolute atomic E-state index is 0.327. The number of terminal acetylenes is 1. The Bertz CT molecular complexity index is 425. The van der Waals surface area contributed by atoms with E-state index >= 15 is 0 Å². The summed E-state index contributed by atoms with van der Waals surface area (Å²) in [5.41, 5.74) is 7.12. The summed E-state index contributed by atoms with van der Waals surface area (Å²) < 4.78 is 7.42. The Labute approximate surface area is 102 Å². The van der Waals surface area contributed by atoms with Crippen molar-refractivity contribution in [1.82, 2.24) is 9.55 Å². The number of ether oxygens (including phenoxy) is 1. The molecule has 1 atom stereocenters. The summed E-state index contributed by atoms with van der Waals surface area (Å²) in [6, 6.07) is 0. The van der Waals surface area contributed by atoms with Crippen molar-refractivity contribution in [2.75, 3.05) is 18.9 Å². The molecule has 4 nitrogen and oxygen atoms in total. The molecule has 1 aliphatic heterocycles. The number of nitrogen functional groups attached to an aromatic ring is 1. The van der Waals surface area contributed by atoms with E-state index in [4.69, 9.17) is 16.9 Å². The van der Waals surface area contributed by atoms with Gasteiger partial charge < -0.3 is 15.0 Å². The molecule has 0 spiro atoms. The van der Waals surface area contributed by atoms with Crippen molar-refractivity contribution < 1.29 is 4.74 Å². The molecule has 0 bridgehead atoms. The maximum Gasteiger partial charge on any atom is 0.128 e. The monoisotopic (exact) mass is 233 g/mol. The first-order chi connectivity index (χ1) is 8.27. The quantitative estimate of drug-likeness (QED) is 0.806. The summed E-state index contributed by atoms with van der Waals surface area (Å²) in [7, 11) is 0. The van der Waals surface area contributed by atoms with E-state index in [2.05, 4.69) is 17.8 Å². The largest absolute Gasteiger partial charge is 0.384 e. The van der Waals surface area contributed by atoms with Crippen molar-refractivity contribution in [3.63, 3.8) is 0 Å². The van der Waals surface area contributed by atoms with E-state index in [-0.39, 0.29) is 0 Å². The molecule has 0 aromatic carbocycles. The van der Waals surface area contributed by atoms with Crippen molar-refractivity contribution in [3.8, 4) is 12.3 Å². The molecule has 1 unspecified atom stereocenters. The van der Waals surface area contributed by atoms with Gasteiger partial charge in [-0.3, -0.25) is 0 Å². The van der Waals surface area contributed by atoms with Crippen LogP contribution in [0.5, 0.6) is 0 Å². The lowest BCUT2D eigenvalue weighted by Crippen LogP contribution is -2.17. The Morgan fingerprint density at radius 3 is 3.06 bits per heavy atom. The fourth-order valence-electron chi connectivity index (χ4n) is 2.33. The lowest BCUT2D eigenvalue weighted by Gasteiger charge is -2.20. The third-order valence-corrected chi connectivity index (χ3v) is 3.23. The van der Waals surface area contributed by atoms with E-state index in [0.717, 1.165) is 49.8 Å². The third-order valence-electron chi connectivity index (χ3n) is 3.23. The number of imidazole rings is 1. The summed E-state index contributed by atoms with van der Waals surface area (Å²) in [4.78, 5) is 4.63. The van der Waals surface area contributed by atoms with Crippen molar-refractivity contribution in [1.29, 1.82) is 0 Å². The maximum absolute atomic E-state index is 6.15. The van der Waals surface area contributed by atoms with Gasteiger partial charge in [-0.2, -0.15) is 0 Å². The number of hydrogen-bond donors (Lipinski definition) is 1. The van der Waals surface area contributed by atoms with Crippen LogP contribution >= 0.6 is 0 Å². The topological polar surface area (TPSA) is 53.1 Å². The van der Waals surface area contributed by atoms with Crippen LogP contribution in [0.1, 0.15) is 37.2 Å². The second kappa shape index (κ2) is 5.24. The van der Waals surface area contributed by atoms with Gasteiger partial charge >= 0.3 is 0 Å². The second-order valence-electron chi connectivity index (χ2n) is 4.36. The highest BCUT2D eigenvalue weighted by Gasteiger charge is 2.23. The molecule has 0 saturated carbocycles. The zero-order valence-electron chi connectivity index (χ0n) is 10.3. The van der Waals surface area contributed by atoms with Crippen LogP contribution < -0.4 is 5.73 Å². The van der Waals surface area contributed by atoms with Gasteiger partial charge in [-0.15, -0.1) is 6.42 Å². The number of nitrogens with two attached hydrogens (primary N) is 1. The highest BCUT2D eigenvalue weighted by molar-refractivity contribution is 5.41. The zero-order valence-corrected chi connectivity index (χ0v) is 10.3. The minimum Gasteiger partial charge on any atom is -0.384 e. The number of aromatic nitrogens is 2. The zero-order chi connectivity index (χ0) is 12.3. The standard InChI is InChI=1S/C13H19N3O/c1-3-7-16-11(4-2)15-12(13(16)14)10-6-5-8-17-9-10/h1,10H,4-9,14H2,2H3. The molecule has 2 rings (SSSR count). The summed E-state index contributed by atoms with van der Waals surface area (Å²) in [5, 5.41) is 0. The van der Waals surface area contributed by atoms with Gasteiger partial charge in [-0.1, -0.05) is 12.8 Å². The van der Waals surface area contributed by atoms with Crippen LogP contribution in [0.3, 0.4) is 0 Å². The highest BCUT2D eigenvalue weighted by atomic mass is 16.5. The average molecular weight is 233 g/mol. The molecule has 92 valence electrons. The number of nitrogens with zero attached hydrogens (tertiary/aromatic N) is 2. The van der Waals surface area contributed by atoms with Gasteiger partial charge in [0.2, 0.25) is 0 Å². The van der Waals surface area contributed by atoms with E-state index in [1.165, 1.54) is 0 Å². The van der Waals surface area contributed by atoms with Gasteiger partial charge in [0.1, 0.15) is 11.6 Å². The van der Waals surface area contributed by atoms with Crippen LogP contribution in [-0.2, 0) is 17.7 Å². The SMILES string of the molecule is C#CCn1c(CC)nc(C2CCCOC2)c1N. The predicted molar refractivity (Wildman–Crippen MR) is 67.6 cm³/mol. The molecule has 1 aromatic rings. The van der Waals surface area contributed by atoms with Crippen molar-refractivity contribution in [2.45, 2.75) is 38.6 Å². The molecule has 2 N–H and O–H groups in total. The van der Waals surface area contributed by atoms with Crippen molar-refractivity contribution in [2.24, 2.45) is 0 Å². The Kier molecular flexibility index (Phi) is 3.70. The Morgan fingerprint density at radius 1 is 1.65 bits per heavy atom. The molecular weight excluding hydrogens is 214 g/mol. The molecular formula is C13H19N3O. The van der Waals surface area contributed by atoms with Gasteiger partial charge in [0, 0.05) is 18.9 Å².